The Morgan fingerprint density at radius 3 is 2.44 bits per heavy atom. The third-order valence-electron chi connectivity index (χ3n) is 5.87. The highest BCUT2D eigenvalue weighted by molar-refractivity contribution is 5.73. The topological polar surface area (TPSA) is 88.5 Å². The fraction of sp³-hybridized carbons (Fsp3) is 0.333. The SMILES string of the molecule is Cn1cc(CN2CCC(c3nc4ccc(-c5cccc(F)c5)cn4n3)CC2)cn1.O=C(O)C(F)(F)F. The molecule has 36 heavy (non-hydrogen) atoms. The molecule has 5 rings (SSSR count). The second-order valence-corrected chi connectivity index (χ2v) is 8.58. The molecular formula is C24H24F4N6O2. The standard InChI is InChI=1S/C22H23FN6.C2HF3O2/c1-27-13-16(12-24-27)14-28-9-7-17(8-10-28)22-25-21-6-5-19(15-29(21)26-22)18-3-2-4-20(23)11-18;3-2(4,5)1(6)7/h2-6,11-13,15,17H,7-10,14H2,1H3;(H,6,7). The van der Waals surface area contributed by atoms with Gasteiger partial charge in [0, 0.05) is 43.0 Å². The van der Waals surface area contributed by atoms with Gasteiger partial charge in [-0.25, -0.2) is 18.7 Å². The van der Waals surface area contributed by atoms with Crippen molar-refractivity contribution in [2.24, 2.45) is 7.05 Å². The minimum absolute atomic E-state index is 0.236. The highest BCUT2D eigenvalue weighted by Gasteiger charge is 2.38. The molecule has 0 unspecified atom stereocenters. The monoisotopic (exact) mass is 504 g/mol. The average Bonchev–Trinajstić information content (AvgIpc) is 3.44. The van der Waals surface area contributed by atoms with Crippen molar-refractivity contribution in [2.75, 3.05) is 13.1 Å². The number of hydrogen-bond donors (Lipinski definition) is 1. The summed E-state index contributed by atoms with van der Waals surface area (Å²) in [5, 5.41) is 16.1. The van der Waals surface area contributed by atoms with Gasteiger partial charge in [-0.15, -0.1) is 0 Å². The van der Waals surface area contributed by atoms with Gasteiger partial charge in [0.25, 0.3) is 0 Å². The average molecular weight is 504 g/mol. The first kappa shape index (κ1) is 25.3. The van der Waals surface area contributed by atoms with E-state index >= 15 is 0 Å². The van der Waals surface area contributed by atoms with Crippen LogP contribution < -0.4 is 0 Å². The fourth-order valence-electron chi connectivity index (χ4n) is 4.07. The van der Waals surface area contributed by atoms with E-state index in [1.165, 1.54) is 17.7 Å². The summed E-state index contributed by atoms with van der Waals surface area (Å²) in [6.07, 6.45) is 2.96. The van der Waals surface area contributed by atoms with Gasteiger partial charge in [-0.05, 0) is 55.8 Å². The molecule has 0 saturated carbocycles. The maximum absolute atomic E-state index is 13.5. The maximum atomic E-state index is 13.5. The number of benzene rings is 1. The van der Waals surface area contributed by atoms with Gasteiger partial charge in [-0.2, -0.15) is 23.4 Å². The Labute approximate surface area is 203 Å². The summed E-state index contributed by atoms with van der Waals surface area (Å²) in [7, 11) is 1.95. The zero-order valence-electron chi connectivity index (χ0n) is 19.4. The minimum Gasteiger partial charge on any atom is -0.475 e. The van der Waals surface area contributed by atoms with Gasteiger partial charge in [0.05, 0.1) is 6.20 Å². The lowest BCUT2D eigenvalue weighted by Gasteiger charge is -2.30. The van der Waals surface area contributed by atoms with Gasteiger partial charge in [-0.1, -0.05) is 12.1 Å². The Balaban J connectivity index is 0.000000384. The summed E-state index contributed by atoms with van der Waals surface area (Å²) in [5.74, 6) is -1.72. The molecule has 12 heteroatoms. The summed E-state index contributed by atoms with van der Waals surface area (Å²) in [5.41, 5.74) is 3.85. The first-order chi connectivity index (χ1) is 17.1. The molecule has 1 aliphatic heterocycles. The molecule has 1 fully saturated rings. The van der Waals surface area contributed by atoms with Gasteiger partial charge in [-0.3, -0.25) is 9.58 Å². The zero-order chi connectivity index (χ0) is 25.9. The molecule has 1 aromatic carbocycles. The summed E-state index contributed by atoms with van der Waals surface area (Å²) < 4.78 is 48.9. The number of rotatable bonds is 4. The summed E-state index contributed by atoms with van der Waals surface area (Å²) in [6.45, 7) is 3.00. The molecular weight excluding hydrogens is 480 g/mol. The molecule has 3 aromatic heterocycles. The van der Waals surface area contributed by atoms with Crippen LogP contribution in [-0.2, 0) is 18.4 Å². The van der Waals surface area contributed by atoms with Gasteiger partial charge >= 0.3 is 12.1 Å². The first-order valence-electron chi connectivity index (χ1n) is 11.2. The molecule has 0 aliphatic carbocycles. The van der Waals surface area contributed by atoms with Crippen molar-refractivity contribution in [3.8, 4) is 11.1 Å². The van der Waals surface area contributed by atoms with E-state index in [1.807, 2.05) is 46.8 Å². The van der Waals surface area contributed by atoms with Crippen molar-refractivity contribution in [2.45, 2.75) is 31.5 Å². The summed E-state index contributed by atoms with van der Waals surface area (Å²) in [6, 6.07) is 10.5. The number of aromatic nitrogens is 5. The van der Waals surface area contributed by atoms with Crippen molar-refractivity contribution < 1.29 is 27.5 Å². The van der Waals surface area contributed by atoms with E-state index in [2.05, 4.69) is 16.2 Å². The maximum Gasteiger partial charge on any atom is 0.490 e. The van der Waals surface area contributed by atoms with Crippen molar-refractivity contribution >= 4 is 11.6 Å². The number of aryl methyl sites for hydroxylation is 1. The molecule has 1 aliphatic rings. The Hall–Kier alpha value is -3.80. The lowest BCUT2D eigenvalue weighted by atomic mass is 9.96. The van der Waals surface area contributed by atoms with E-state index in [-0.39, 0.29) is 5.82 Å². The molecule has 8 nitrogen and oxygen atoms in total. The van der Waals surface area contributed by atoms with Crippen molar-refractivity contribution in [3.63, 3.8) is 0 Å². The molecule has 0 spiro atoms. The van der Waals surface area contributed by atoms with Crippen LogP contribution in [0.4, 0.5) is 17.6 Å². The van der Waals surface area contributed by atoms with Gasteiger partial charge in [0.2, 0.25) is 0 Å². The Morgan fingerprint density at radius 2 is 1.83 bits per heavy atom. The second kappa shape index (κ2) is 10.4. The molecule has 1 N–H and O–H groups in total. The quantitative estimate of drug-likeness (QED) is 0.418. The fourth-order valence-corrected chi connectivity index (χ4v) is 4.07. The van der Waals surface area contributed by atoms with Crippen LogP contribution in [0.3, 0.4) is 0 Å². The van der Waals surface area contributed by atoms with Crippen molar-refractivity contribution in [1.82, 2.24) is 29.3 Å². The number of carboxylic acid groups (broad SMARTS) is 1. The van der Waals surface area contributed by atoms with Crippen LogP contribution in [0.15, 0.2) is 55.0 Å². The van der Waals surface area contributed by atoms with E-state index in [0.717, 1.165) is 55.1 Å². The van der Waals surface area contributed by atoms with Gasteiger partial charge in [0.1, 0.15) is 5.82 Å². The minimum atomic E-state index is -5.08. The summed E-state index contributed by atoms with van der Waals surface area (Å²) >= 11 is 0. The molecule has 0 radical (unpaired) electrons. The van der Waals surface area contributed by atoms with Crippen LogP contribution in [-0.4, -0.2) is 59.6 Å². The Kier molecular flexibility index (Phi) is 7.34. The molecule has 1 saturated heterocycles. The predicted octanol–water partition coefficient (Wildman–Crippen LogP) is 4.28. The number of likely N-dealkylation sites (tertiary alicyclic amines) is 1. The van der Waals surface area contributed by atoms with E-state index in [1.54, 1.807) is 6.07 Å². The number of fused-ring (bicyclic) bond motifs is 1. The smallest absolute Gasteiger partial charge is 0.475 e. The number of carboxylic acids is 1. The number of aliphatic carboxylic acids is 1. The van der Waals surface area contributed by atoms with Crippen LogP contribution in [0.5, 0.6) is 0 Å². The molecule has 0 atom stereocenters. The number of hydrogen-bond acceptors (Lipinski definition) is 5. The molecule has 4 heterocycles. The number of piperidine rings is 1. The first-order valence-corrected chi connectivity index (χ1v) is 11.2. The highest BCUT2D eigenvalue weighted by Crippen LogP contribution is 2.28. The molecule has 190 valence electrons. The van der Waals surface area contributed by atoms with E-state index in [9.17, 15) is 17.6 Å². The largest absolute Gasteiger partial charge is 0.490 e. The summed E-state index contributed by atoms with van der Waals surface area (Å²) in [4.78, 5) is 16.1. The zero-order valence-corrected chi connectivity index (χ0v) is 19.4. The number of halogens is 4. The molecule has 0 amide bonds. The van der Waals surface area contributed by atoms with Gasteiger partial charge < -0.3 is 5.11 Å². The van der Waals surface area contributed by atoms with Gasteiger partial charge in [0.15, 0.2) is 11.5 Å². The molecule has 0 bridgehead atoms. The number of alkyl halides is 3. The predicted molar refractivity (Wildman–Crippen MR) is 123 cm³/mol. The lowest BCUT2D eigenvalue weighted by Crippen LogP contribution is -2.32. The third-order valence-corrected chi connectivity index (χ3v) is 5.87. The normalized spacial score (nSPS) is 15.0. The lowest BCUT2D eigenvalue weighted by molar-refractivity contribution is -0.192. The van der Waals surface area contributed by atoms with Crippen LogP contribution in [0.25, 0.3) is 16.8 Å². The van der Waals surface area contributed by atoms with E-state index in [4.69, 9.17) is 20.0 Å². The van der Waals surface area contributed by atoms with Crippen LogP contribution in [0, 0.1) is 5.82 Å². The van der Waals surface area contributed by atoms with E-state index in [0.29, 0.717) is 5.92 Å². The highest BCUT2D eigenvalue weighted by atomic mass is 19.4. The Morgan fingerprint density at radius 1 is 1.11 bits per heavy atom. The number of pyridine rings is 1. The van der Waals surface area contributed by atoms with Crippen molar-refractivity contribution in [3.05, 3.63) is 72.2 Å². The van der Waals surface area contributed by atoms with Crippen molar-refractivity contribution in [1.29, 1.82) is 0 Å². The van der Waals surface area contributed by atoms with Crippen LogP contribution >= 0.6 is 0 Å². The third kappa shape index (κ3) is 6.25. The Bertz CT molecular complexity index is 1340. The van der Waals surface area contributed by atoms with Crippen LogP contribution in [0.2, 0.25) is 0 Å². The number of nitrogens with zero attached hydrogens (tertiary/aromatic N) is 6. The van der Waals surface area contributed by atoms with Crippen LogP contribution in [0.1, 0.15) is 30.1 Å². The number of carbonyl (C=O) groups is 1. The molecule has 4 aromatic rings. The van der Waals surface area contributed by atoms with E-state index < -0.39 is 12.1 Å². The second-order valence-electron chi connectivity index (χ2n) is 8.58.